The molecule has 0 bridgehead atoms. The van der Waals surface area contributed by atoms with Gasteiger partial charge in [0.25, 0.3) is 0 Å². The summed E-state index contributed by atoms with van der Waals surface area (Å²) in [4.78, 5) is 0. The average Bonchev–Trinajstić information content (AvgIpc) is 2.16. The third kappa shape index (κ3) is 1.40. The first-order valence-electron chi connectivity index (χ1n) is 3.02. The van der Waals surface area contributed by atoms with Crippen LogP contribution in [0.1, 0.15) is 6.42 Å². The van der Waals surface area contributed by atoms with Crippen molar-refractivity contribution in [3.05, 3.63) is 36.7 Å². The predicted octanol–water partition coefficient (Wildman–Crippen LogP) is 1.57. The van der Waals surface area contributed by atoms with Crippen molar-refractivity contribution in [3.63, 3.8) is 0 Å². The lowest BCUT2D eigenvalue weighted by molar-refractivity contribution is -0.771. The topological polar surface area (TPSA) is 23.1 Å². The van der Waals surface area contributed by atoms with E-state index >= 15 is 0 Å². The van der Waals surface area contributed by atoms with E-state index in [-0.39, 0.29) is 4.65 Å². The second-order valence-electron chi connectivity index (χ2n) is 2.11. The molecule has 1 aliphatic rings. The summed E-state index contributed by atoms with van der Waals surface area (Å²) in [7, 11) is 0. The van der Waals surface area contributed by atoms with E-state index in [1.807, 2.05) is 0 Å². The first-order chi connectivity index (χ1) is 4.27. The zero-order valence-corrected chi connectivity index (χ0v) is 5.29. The maximum absolute atomic E-state index is 11.2. The van der Waals surface area contributed by atoms with Gasteiger partial charge in [-0.25, -0.2) is 0 Å². The van der Waals surface area contributed by atoms with E-state index in [0.717, 1.165) is 0 Å². The first kappa shape index (κ1) is 6.52. The molecule has 1 heterocycles. The Kier molecular flexibility index (Phi) is 1.69. The smallest absolute Gasteiger partial charge is 0.101 e. The van der Waals surface area contributed by atoms with Crippen LogP contribution >= 0.6 is 0 Å². The van der Waals surface area contributed by atoms with Gasteiger partial charge in [-0.3, -0.25) is 0 Å². The zero-order chi connectivity index (χ0) is 6.74. The van der Waals surface area contributed by atoms with Crippen LogP contribution < -0.4 is 0 Å². The Morgan fingerprint density at radius 3 is 2.33 bits per heavy atom. The molecule has 0 aromatic rings. The summed E-state index contributed by atoms with van der Waals surface area (Å²) >= 11 is 0. The van der Waals surface area contributed by atoms with Crippen LogP contribution in [0.3, 0.4) is 0 Å². The largest absolute Gasteiger partial charge is 0.623 e. The van der Waals surface area contributed by atoms with E-state index in [2.05, 4.69) is 6.92 Å². The molecular formula is C7H10NO. The number of hydrogen-bond acceptors (Lipinski definition) is 1. The van der Waals surface area contributed by atoms with E-state index in [0.29, 0.717) is 13.0 Å². The van der Waals surface area contributed by atoms with Crippen molar-refractivity contribution >= 4 is 0 Å². The molecule has 0 aliphatic carbocycles. The highest BCUT2D eigenvalue weighted by molar-refractivity contribution is 5.03. The number of quaternary nitrogens is 1. The summed E-state index contributed by atoms with van der Waals surface area (Å²) in [6.45, 7) is 4.16. The maximum atomic E-state index is 11.2. The average molecular weight is 124 g/mol. The molecule has 0 atom stereocenters. The third-order valence-corrected chi connectivity index (χ3v) is 1.30. The summed E-state index contributed by atoms with van der Waals surface area (Å²) in [6, 6.07) is 0. The monoisotopic (exact) mass is 124 g/mol. The molecule has 0 spiro atoms. The SMILES string of the molecule is [CH2]CC[N+]1([O-])C=CC=C1. The van der Waals surface area contributed by atoms with E-state index in [1.54, 1.807) is 24.6 Å². The number of rotatable bonds is 2. The molecule has 49 valence electrons. The first-order valence-corrected chi connectivity index (χ1v) is 3.02. The van der Waals surface area contributed by atoms with Crippen molar-refractivity contribution in [2.24, 2.45) is 0 Å². The maximum Gasteiger partial charge on any atom is 0.101 e. The van der Waals surface area contributed by atoms with Crippen LogP contribution in [0, 0.1) is 12.1 Å². The Bertz CT molecular complexity index is 137. The highest BCUT2D eigenvalue weighted by Crippen LogP contribution is 2.13. The Hall–Kier alpha value is -0.600. The van der Waals surface area contributed by atoms with Gasteiger partial charge in [0.1, 0.15) is 12.4 Å². The van der Waals surface area contributed by atoms with E-state index < -0.39 is 0 Å². The van der Waals surface area contributed by atoms with Gasteiger partial charge in [-0.15, -0.1) is 0 Å². The Morgan fingerprint density at radius 1 is 1.33 bits per heavy atom. The minimum absolute atomic E-state index is 0.330. The third-order valence-electron chi connectivity index (χ3n) is 1.30. The van der Waals surface area contributed by atoms with Crippen LogP contribution in [0.5, 0.6) is 0 Å². The number of allylic oxidation sites excluding steroid dienone is 2. The molecule has 0 aromatic heterocycles. The second-order valence-corrected chi connectivity index (χ2v) is 2.11. The highest BCUT2D eigenvalue weighted by atomic mass is 16.5. The summed E-state index contributed by atoms with van der Waals surface area (Å²) in [5.74, 6) is 0. The molecule has 1 rings (SSSR count). The molecule has 0 saturated carbocycles. The minimum atomic E-state index is -0.330. The predicted molar refractivity (Wildman–Crippen MR) is 36.7 cm³/mol. The van der Waals surface area contributed by atoms with Gasteiger partial charge in [0.05, 0.1) is 6.54 Å². The van der Waals surface area contributed by atoms with Crippen molar-refractivity contribution in [3.8, 4) is 0 Å². The molecule has 0 fully saturated rings. The van der Waals surface area contributed by atoms with Crippen molar-refractivity contribution in [2.45, 2.75) is 6.42 Å². The molecule has 0 N–H and O–H groups in total. The van der Waals surface area contributed by atoms with Gasteiger partial charge in [-0.1, -0.05) is 0 Å². The van der Waals surface area contributed by atoms with Crippen LogP contribution in [0.4, 0.5) is 0 Å². The number of nitrogens with zero attached hydrogens (tertiary/aromatic N) is 1. The standard InChI is InChI=1S/C7H10NO/c1-2-5-8(9)6-3-4-7-8/h3-4,6-7H,1-2,5H2. The molecule has 0 unspecified atom stereocenters. The fraction of sp³-hybridized carbons (Fsp3) is 0.286. The van der Waals surface area contributed by atoms with Crippen molar-refractivity contribution in [1.82, 2.24) is 0 Å². The van der Waals surface area contributed by atoms with Crippen LogP contribution in [0.25, 0.3) is 0 Å². The lowest BCUT2D eigenvalue weighted by Crippen LogP contribution is -2.28. The van der Waals surface area contributed by atoms with Crippen LogP contribution in [-0.2, 0) is 0 Å². The normalized spacial score (nSPS) is 21.1. The Balaban J connectivity index is 2.53. The van der Waals surface area contributed by atoms with Gasteiger partial charge >= 0.3 is 0 Å². The van der Waals surface area contributed by atoms with Gasteiger partial charge < -0.3 is 9.85 Å². The van der Waals surface area contributed by atoms with Gasteiger partial charge in [0.15, 0.2) is 0 Å². The Morgan fingerprint density at radius 2 is 1.89 bits per heavy atom. The highest BCUT2D eigenvalue weighted by Gasteiger charge is 2.09. The quantitative estimate of drug-likeness (QED) is 0.404. The van der Waals surface area contributed by atoms with Gasteiger partial charge in [-0.2, -0.15) is 0 Å². The fourth-order valence-electron chi connectivity index (χ4n) is 0.837. The van der Waals surface area contributed by atoms with Crippen LogP contribution in [-0.4, -0.2) is 11.2 Å². The lowest BCUT2D eigenvalue weighted by Gasteiger charge is -2.32. The summed E-state index contributed by atoms with van der Waals surface area (Å²) in [5.41, 5.74) is 0. The number of hydrogen-bond donors (Lipinski definition) is 0. The van der Waals surface area contributed by atoms with E-state index in [1.165, 1.54) is 0 Å². The molecule has 9 heavy (non-hydrogen) atoms. The van der Waals surface area contributed by atoms with Crippen molar-refractivity contribution < 1.29 is 4.65 Å². The second kappa shape index (κ2) is 2.33. The molecule has 1 radical (unpaired) electrons. The molecule has 2 heteroatoms. The van der Waals surface area contributed by atoms with Crippen molar-refractivity contribution in [1.29, 1.82) is 0 Å². The van der Waals surface area contributed by atoms with E-state index in [9.17, 15) is 5.21 Å². The molecule has 0 amide bonds. The summed E-state index contributed by atoms with van der Waals surface area (Å²) in [6.07, 6.45) is 7.44. The van der Waals surface area contributed by atoms with Crippen LogP contribution in [0.15, 0.2) is 24.6 Å². The molecule has 0 aromatic carbocycles. The van der Waals surface area contributed by atoms with Crippen LogP contribution in [0.2, 0.25) is 0 Å². The molecule has 1 aliphatic heterocycles. The van der Waals surface area contributed by atoms with Gasteiger partial charge in [-0.05, 0) is 25.5 Å². The zero-order valence-electron chi connectivity index (χ0n) is 5.29. The minimum Gasteiger partial charge on any atom is -0.623 e. The lowest BCUT2D eigenvalue weighted by atomic mass is 10.4. The van der Waals surface area contributed by atoms with E-state index in [4.69, 9.17) is 0 Å². The Labute approximate surface area is 55.3 Å². The fourth-order valence-corrected chi connectivity index (χ4v) is 0.837. The van der Waals surface area contributed by atoms with Gasteiger partial charge in [0.2, 0.25) is 0 Å². The van der Waals surface area contributed by atoms with Gasteiger partial charge in [0, 0.05) is 0 Å². The molecule has 0 saturated heterocycles. The number of hydroxylamine groups is 3. The van der Waals surface area contributed by atoms with Crippen molar-refractivity contribution in [2.75, 3.05) is 6.54 Å². The summed E-state index contributed by atoms with van der Waals surface area (Å²) in [5, 5.41) is 11.2. The summed E-state index contributed by atoms with van der Waals surface area (Å²) < 4.78 is -0.330. The molecular weight excluding hydrogens is 114 g/mol. The molecule has 2 nitrogen and oxygen atoms in total.